The fourth-order valence-corrected chi connectivity index (χ4v) is 4.23. The van der Waals surface area contributed by atoms with E-state index in [-0.39, 0.29) is 50.6 Å². The molecule has 0 amide bonds. The summed E-state index contributed by atoms with van der Waals surface area (Å²) in [4.78, 5) is 46.4. The van der Waals surface area contributed by atoms with Crippen LogP contribution < -0.4 is 0 Å². The molecule has 0 saturated heterocycles. The quantitative estimate of drug-likeness (QED) is 0.319. The van der Waals surface area contributed by atoms with Crippen LogP contribution in [0.3, 0.4) is 0 Å². The van der Waals surface area contributed by atoms with Crippen LogP contribution in [0.4, 0.5) is 11.4 Å². The highest BCUT2D eigenvalue weighted by Crippen LogP contribution is 2.39. The van der Waals surface area contributed by atoms with Crippen molar-refractivity contribution in [2.24, 2.45) is 0 Å². The lowest BCUT2D eigenvalue weighted by atomic mass is 10.0. The number of thioether (sulfide) groups is 1. The van der Waals surface area contributed by atoms with E-state index < -0.39 is 15.8 Å². The van der Waals surface area contributed by atoms with Crippen molar-refractivity contribution in [1.82, 2.24) is 0 Å². The molecule has 1 aliphatic carbocycles. The van der Waals surface area contributed by atoms with Gasteiger partial charge in [-0.1, -0.05) is 41.6 Å². The molecule has 0 N–H and O–H groups in total. The minimum atomic E-state index is -0.706. The number of para-hydroxylation sites is 1. The number of benzene rings is 2. The average molecular weight is 463 g/mol. The molecule has 0 radical (unpaired) electrons. The highest BCUT2D eigenvalue weighted by Gasteiger charge is 2.27. The SMILES string of the molecule is O=C(Cc1ccc(Cl)c([N+](=O)[O-])c1)OC1=C(Sc2ccccc2[N+](=O)[O-])C(=O)CCC1. The monoisotopic (exact) mass is 462 g/mol. The van der Waals surface area contributed by atoms with Crippen LogP contribution in [0.15, 0.2) is 58.0 Å². The number of nitro benzene ring substituents is 2. The maximum atomic E-state index is 12.5. The van der Waals surface area contributed by atoms with Crippen molar-refractivity contribution in [1.29, 1.82) is 0 Å². The zero-order chi connectivity index (χ0) is 22.5. The number of allylic oxidation sites excluding steroid dienone is 2. The van der Waals surface area contributed by atoms with Crippen molar-refractivity contribution in [3.8, 4) is 0 Å². The lowest BCUT2D eigenvalue weighted by Crippen LogP contribution is -2.16. The Morgan fingerprint density at radius 2 is 1.77 bits per heavy atom. The summed E-state index contributed by atoms with van der Waals surface area (Å²) in [5.41, 5.74) is -0.152. The van der Waals surface area contributed by atoms with Gasteiger partial charge in [0.15, 0.2) is 5.78 Å². The molecule has 11 heteroatoms. The molecule has 0 aromatic heterocycles. The van der Waals surface area contributed by atoms with Crippen molar-refractivity contribution >= 4 is 46.5 Å². The number of nitrogens with zero attached hydrogens (tertiary/aromatic N) is 2. The number of esters is 1. The zero-order valence-corrected chi connectivity index (χ0v) is 17.5. The molecule has 0 atom stereocenters. The molecule has 2 aromatic rings. The summed E-state index contributed by atoms with van der Waals surface area (Å²) in [5.74, 6) is -0.825. The third-order valence-corrected chi connectivity index (χ3v) is 5.93. The molecule has 0 aliphatic heterocycles. The van der Waals surface area contributed by atoms with Crippen LogP contribution in [0, 0.1) is 20.2 Å². The van der Waals surface area contributed by atoms with E-state index in [2.05, 4.69) is 0 Å². The topological polar surface area (TPSA) is 130 Å². The predicted octanol–water partition coefficient (Wildman–Crippen LogP) is 5.00. The van der Waals surface area contributed by atoms with Gasteiger partial charge in [-0.05, 0) is 24.1 Å². The lowest BCUT2D eigenvalue weighted by molar-refractivity contribution is -0.387. The Morgan fingerprint density at radius 1 is 1.06 bits per heavy atom. The third-order valence-electron chi connectivity index (χ3n) is 4.38. The van der Waals surface area contributed by atoms with Gasteiger partial charge in [0.25, 0.3) is 11.4 Å². The van der Waals surface area contributed by atoms with Gasteiger partial charge in [0, 0.05) is 25.0 Å². The Balaban J connectivity index is 1.83. The number of hydrogen-bond acceptors (Lipinski definition) is 8. The summed E-state index contributed by atoms with van der Waals surface area (Å²) < 4.78 is 5.41. The number of nitro groups is 2. The van der Waals surface area contributed by atoms with E-state index in [0.717, 1.165) is 11.8 Å². The number of hydrogen-bond donors (Lipinski definition) is 0. The summed E-state index contributed by atoms with van der Waals surface area (Å²) in [6, 6.07) is 9.96. The predicted molar refractivity (Wildman–Crippen MR) is 113 cm³/mol. The maximum absolute atomic E-state index is 12.5. The van der Waals surface area contributed by atoms with Crippen LogP contribution in [-0.4, -0.2) is 21.6 Å². The van der Waals surface area contributed by atoms with E-state index in [1.807, 2.05) is 0 Å². The Kier molecular flexibility index (Phi) is 7.03. The Hall–Kier alpha value is -3.24. The lowest BCUT2D eigenvalue weighted by Gasteiger charge is -2.18. The molecule has 3 rings (SSSR count). The summed E-state index contributed by atoms with van der Waals surface area (Å²) in [6.07, 6.45) is 0.780. The molecule has 1 aliphatic rings. The average Bonchev–Trinajstić information content (AvgIpc) is 2.72. The van der Waals surface area contributed by atoms with Crippen LogP contribution in [0.25, 0.3) is 0 Å². The summed E-state index contributed by atoms with van der Waals surface area (Å²) in [5, 5.41) is 22.2. The molecule has 2 aromatic carbocycles. The minimum Gasteiger partial charge on any atom is -0.429 e. The van der Waals surface area contributed by atoms with Gasteiger partial charge in [0.1, 0.15) is 10.8 Å². The number of carbonyl (C=O) groups is 2. The fourth-order valence-electron chi connectivity index (χ4n) is 2.96. The number of carbonyl (C=O) groups excluding carboxylic acids is 2. The summed E-state index contributed by atoms with van der Waals surface area (Å²) in [7, 11) is 0. The van der Waals surface area contributed by atoms with E-state index in [0.29, 0.717) is 18.4 Å². The van der Waals surface area contributed by atoms with Gasteiger partial charge in [-0.3, -0.25) is 29.8 Å². The van der Waals surface area contributed by atoms with E-state index in [1.165, 1.54) is 36.4 Å². The molecule has 0 unspecified atom stereocenters. The van der Waals surface area contributed by atoms with Crippen LogP contribution in [0.2, 0.25) is 5.02 Å². The van der Waals surface area contributed by atoms with E-state index in [9.17, 15) is 29.8 Å². The van der Waals surface area contributed by atoms with Crippen molar-refractivity contribution < 1.29 is 24.2 Å². The van der Waals surface area contributed by atoms with Gasteiger partial charge < -0.3 is 4.74 Å². The molecule has 0 saturated carbocycles. The largest absolute Gasteiger partial charge is 0.429 e. The molecule has 0 fully saturated rings. The van der Waals surface area contributed by atoms with Crippen LogP contribution in [0.5, 0.6) is 0 Å². The standard InChI is InChI=1S/C20H15ClN2O7S/c21-13-9-8-12(10-15(13)23(28)29)11-19(25)30-17-6-3-5-16(24)20(17)31-18-7-2-1-4-14(18)22(26)27/h1-2,4,7-10H,3,5-6,11H2. The molecular formula is C20H15ClN2O7S. The minimum absolute atomic E-state index is 0.0501. The molecule has 0 spiro atoms. The van der Waals surface area contributed by atoms with Crippen molar-refractivity contribution in [3.05, 3.63) is 83.9 Å². The van der Waals surface area contributed by atoms with Gasteiger partial charge in [0.05, 0.1) is 26.1 Å². The van der Waals surface area contributed by atoms with Gasteiger partial charge in [-0.15, -0.1) is 0 Å². The van der Waals surface area contributed by atoms with E-state index >= 15 is 0 Å². The molecule has 160 valence electrons. The first-order chi connectivity index (χ1) is 14.8. The Bertz CT molecular complexity index is 1120. The number of halogens is 1. The van der Waals surface area contributed by atoms with Gasteiger partial charge in [-0.25, -0.2) is 0 Å². The number of rotatable bonds is 7. The van der Waals surface area contributed by atoms with Crippen LogP contribution in [0.1, 0.15) is 24.8 Å². The highest BCUT2D eigenvalue weighted by molar-refractivity contribution is 8.04. The number of ketones is 1. The molecular weight excluding hydrogens is 448 g/mol. The first-order valence-electron chi connectivity index (χ1n) is 9.07. The second kappa shape index (κ2) is 9.71. The van der Waals surface area contributed by atoms with Crippen molar-refractivity contribution in [2.45, 2.75) is 30.6 Å². The highest BCUT2D eigenvalue weighted by atomic mass is 35.5. The molecule has 9 nitrogen and oxygen atoms in total. The second-order valence-electron chi connectivity index (χ2n) is 6.55. The zero-order valence-electron chi connectivity index (χ0n) is 15.9. The van der Waals surface area contributed by atoms with Crippen LogP contribution >= 0.6 is 23.4 Å². The maximum Gasteiger partial charge on any atom is 0.315 e. The van der Waals surface area contributed by atoms with Crippen molar-refractivity contribution in [3.63, 3.8) is 0 Å². The van der Waals surface area contributed by atoms with Crippen LogP contribution in [-0.2, 0) is 20.7 Å². The smallest absolute Gasteiger partial charge is 0.315 e. The van der Waals surface area contributed by atoms with Gasteiger partial charge in [0.2, 0.25) is 0 Å². The Labute approximate surface area is 185 Å². The van der Waals surface area contributed by atoms with Gasteiger partial charge >= 0.3 is 5.97 Å². The first kappa shape index (κ1) is 22.4. The normalized spacial score (nSPS) is 13.8. The molecule has 0 heterocycles. The first-order valence-corrected chi connectivity index (χ1v) is 10.3. The fraction of sp³-hybridized carbons (Fsp3) is 0.200. The molecule has 31 heavy (non-hydrogen) atoms. The number of ether oxygens (including phenoxy) is 1. The van der Waals surface area contributed by atoms with Gasteiger partial charge in [-0.2, -0.15) is 0 Å². The Morgan fingerprint density at radius 3 is 2.48 bits per heavy atom. The third kappa shape index (κ3) is 5.47. The van der Waals surface area contributed by atoms with E-state index in [4.69, 9.17) is 16.3 Å². The second-order valence-corrected chi connectivity index (χ2v) is 8.01. The summed E-state index contributed by atoms with van der Waals surface area (Å²) >= 11 is 6.67. The van der Waals surface area contributed by atoms with Crippen molar-refractivity contribution in [2.75, 3.05) is 0 Å². The number of Topliss-reactive ketones (excluding diaryl/α,β-unsaturated/α-hetero) is 1. The molecule has 0 bridgehead atoms. The van der Waals surface area contributed by atoms with E-state index in [1.54, 1.807) is 6.07 Å². The summed E-state index contributed by atoms with van der Waals surface area (Å²) in [6.45, 7) is 0.